The predicted molar refractivity (Wildman–Crippen MR) is 88.1 cm³/mol. The summed E-state index contributed by atoms with van der Waals surface area (Å²) >= 11 is 3.34. The van der Waals surface area contributed by atoms with Crippen molar-refractivity contribution in [3.05, 3.63) is 70.2 Å². The third-order valence-electron chi connectivity index (χ3n) is 3.16. The number of benzene rings is 2. The number of carbonyl (C=O) groups is 1. The number of anilines is 1. The highest BCUT2D eigenvalue weighted by molar-refractivity contribution is 9.10. The van der Waals surface area contributed by atoms with Crippen LogP contribution in [0.4, 0.5) is 10.1 Å². The first kappa shape index (κ1) is 15.4. The largest absolute Gasteiger partial charge is 0.321 e. The Balaban J connectivity index is 1.84. The van der Waals surface area contributed by atoms with Crippen LogP contribution >= 0.6 is 15.9 Å². The third-order valence-corrected chi connectivity index (χ3v) is 3.69. The van der Waals surface area contributed by atoms with Gasteiger partial charge in [0.15, 0.2) is 5.69 Å². The molecule has 1 amide bonds. The first-order chi connectivity index (χ1) is 11.0. The van der Waals surface area contributed by atoms with E-state index in [0.29, 0.717) is 17.1 Å². The summed E-state index contributed by atoms with van der Waals surface area (Å²) in [6.45, 7) is 1.70. The Kier molecular flexibility index (Phi) is 4.20. The molecule has 0 aliphatic carbocycles. The highest BCUT2D eigenvalue weighted by Crippen LogP contribution is 2.16. The van der Waals surface area contributed by atoms with Crippen LogP contribution < -0.4 is 5.32 Å². The Morgan fingerprint density at radius 1 is 1.09 bits per heavy atom. The Labute approximate surface area is 140 Å². The van der Waals surface area contributed by atoms with E-state index in [1.165, 1.54) is 16.9 Å². The molecule has 0 aliphatic rings. The lowest BCUT2D eigenvalue weighted by Gasteiger charge is -2.03. The molecule has 1 heterocycles. The average molecular weight is 375 g/mol. The molecule has 1 aromatic heterocycles. The lowest BCUT2D eigenvalue weighted by atomic mass is 10.3. The van der Waals surface area contributed by atoms with Crippen LogP contribution in [0.25, 0.3) is 5.69 Å². The fourth-order valence-electron chi connectivity index (χ4n) is 2.00. The standard InChI is InChI=1S/C16H12BrFN4O/c1-10-15(16(23)19-13-6-2-11(17)3-7-13)21-22(20-10)14-8-4-12(18)5-9-14/h2-9H,1H3,(H,19,23). The van der Waals surface area contributed by atoms with Crippen molar-refractivity contribution in [2.24, 2.45) is 0 Å². The van der Waals surface area contributed by atoms with Crippen molar-refractivity contribution in [1.82, 2.24) is 15.0 Å². The minimum absolute atomic E-state index is 0.220. The van der Waals surface area contributed by atoms with Crippen LogP contribution in [0.3, 0.4) is 0 Å². The second kappa shape index (κ2) is 6.29. The van der Waals surface area contributed by atoms with Gasteiger partial charge in [0.25, 0.3) is 5.91 Å². The van der Waals surface area contributed by atoms with Gasteiger partial charge in [-0.15, -0.1) is 5.10 Å². The summed E-state index contributed by atoms with van der Waals surface area (Å²) in [4.78, 5) is 13.6. The van der Waals surface area contributed by atoms with Gasteiger partial charge in [-0.05, 0) is 55.5 Å². The highest BCUT2D eigenvalue weighted by Gasteiger charge is 2.16. The number of hydrogen-bond acceptors (Lipinski definition) is 3. The smallest absolute Gasteiger partial charge is 0.278 e. The van der Waals surface area contributed by atoms with Crippen molar-refractivity contribution in [2.75, 3.05) is 5.32 Å². The number of nitrogens with zero attached hydrogens (tertiary/aromatic N) is 3. The molecule has 0 spiro atoms. The third kappa shape index (κ3) is 3.45. The van der Waals surface area contributed by atoms with Crippen molar-refractivity contribution in [1.29, 1.82) is 0 Å². The van der Waals surface area contributed by atoms with Crippen LogP contribution in [-0.4, -0.2) is 20.9 Å². The zero-order valence-corrected chi connectivity index (χ0v) is 13.7. The predicted octanol–water partition coefficient (Wildman–Crippen LogP) is 3.73. The fraction of sp³-hybridized carbons (Fsp3) is 0.0625. The van der Waals surface area contributed by atoms with Crippen molar-refractivity contribution < 1.29 is 9.18 Å². The molecular weight excluding hydrogens is 363 g/mol. The minimum atomic E-state index is -0.349. The lowest BCUT2D eigenvalue weighted by Crippen LogP contribution is -2.14. The van der Waals surface area contributed by atoms with E-state index in [2.05, 4.69) is 31.4 Å². The van der Waals surface area contributed by atoms with Gasteiger partial charge in [-0.2, -0.15) is 9.90 Å². The van der Waals surface area contributed by atoms with Gasteiger partial charge in [0.2, 0.25) is 0 Å². The van der Waals surface area contributed by atoms with Crippen molar-refractivity contribution >= 4 is 27.5 Å². The summed E-state index contributed by atoms with van der Waals surface area (Å²) in [5, 5.41) is 11.2. The maximum Gasteiger partial charge on any atom is 0.278 e. The number of hydrogen-bond donors (Lipinski definition) is 1. The van der Waals surface area contributed by atoms with Gasteiger partial charge in [0.1, 0.15) is 5.82 Å². The van der Waals surface area contributed by atoms with Crippen LogP contribution in [-0.2, 0) is 0 Å². The normalized spacial score (nSPS) is 10.6. The molecule has 0 saturated heterocycles. The van der Waals surface area contributed by atoms with Crippen molar-refractivity contribution in [3.63, 3.8) is 0 Å². The van der Waals surface area contributed by atoms with Crippen LogP contribution in [0, 0.1) is 12.7 Å². The van der Waals surface area contributed by atoms with Crippen LogP contribution in [0.5, 0.6) is 0 Å². The summed E-state index contributed by atoms with van der Waals surface area (Å²) in [5.41, 5.74) is 1.95. The Hall–Kier alpha value is -2.54. The molecule has 7 heteroatoms. The summed E-state index contributed by atoms with van der Waals surface area (Å²) in [5.74, 6) is -0.691. The second-order valence-corrected chi connectivity index (χ2v) is 5.78. The van der Waals surface area contributed by atoms with E-state index < -0.39 is 0 Å². The van der Waals surface area contributed by atoms with Gasteiger partial charge in [0, 0.05) is 10.2 Å². The first-order valence-electron chi connectivity index (χ1n) is 6.80. The molecule has 0 atom stereocenters. The molecule has 0 aliphatic heterocycles. The zero-order chi connectivity index (χ0) is 16.4. The average Bonchev–Trinajstić information content (AvgIpc) is 2.92. The monoisotopic (exact) mass is 374 g/mol. The molecule has 0 unspecified atom stereocenters. The van der Waals surface area contributed by atoms with Crippen molar-refractivity contribution in [2.45, 2.75) is 6.92 Å². The Bertz CT molecular complexity index is 844. The quantitative estimate of drug-likeness (QED) is 0.759. The molecule has 0 saturated carbocycles. The maximum absolute atomic E-state index is 13.0. The molecular formula is C16H12BrFN4O. The van der Waals surface area contributed by atoms with Crippen LogP contribution in [0.1, 0.15) is 16.2 Å². The van der Waals surface area contributed by atoms with E-state index >= 15 is 0 Å². The highest BCUT2D eigenvalue weighted by atomic mass is 79.9. The van der Waals surface area contributed by atoms with Gasteiger partial charge in [0.05, 0.1) is 11.4 Å². The van der Waals surface area contributed by atoms with Gasteiger partial charge in [-0.3, -0.25) is 4.79 Å². The molecule has 0 bridgehead atoms. The number of aryl methyl sites for hydroxylation is 1. The first-order valence-corrected chi connectivity index (χ1v) is 7.59. The number of amides is 1. The molecule has 23 heavy (non-hydrogen) atoms. The number of carbonyl (C=O) groups excluding carboxylic acids is 1. The van der Waals surface area contributed by atoms with E-state index in [9.17, 15) is 9.18 Å². The van der Waals surface area contributed by atoms with E-state index in [-0.39, 0.29) is 17.4 Å². The molecule has 116 valence electrons. The van der Waals surface area contributed by atoms with Crippen LogP contribution in [0.2, 0.25) is 0 Å². The molecule has 3 aromatic rings. The summed E-state index contributed by atoms with van der Waals surface area (Å²) in [6.07, 6.45) is 0. The van der Waals surface area contributed by atoms with E-state index in [0.717, 1.165) is 4.47 Å². The Morgan fingerprint density at radius 2 is 1.74 bits per heavy atom. The SMILES string of the molecule is Cc1nn(-c2ccc(F)cc2)nc1C(=O)Nc1ccc(Br)cc1. The number of halogens is 2. The summed E-state index contributed by atoms with van der Waals surface area (Å²) in [7, 11) is 0. The number of rotatable bonds is 3. The van der Waals surface area contributed by atoms with E-state index in [1.807, 2.05) is 12.1 Å². The molecule has 0 radical (unpaired) electrons. The van der Waals surface area contributed by atoms with E-state index in [1.54, 1.807) is 31.2 Å². The Morgan fingerprint density at radius 3 is 2.39 bits per heavy atom. The van der Waals surface area contributed by atoms with Gasteiger partial charge in [-0.1, -0.05) is 15.9 Å². The molecule has 5 nitrogen and oxygen atoms in total. The van der Waals surface area contributed by atoms with Crippen molar-refractivity contribution in [3.8, 4) is 5.69 Å². The minimum Gasteiger partial charge on any atom is -0.321 e. The second-order valence-electron chi connectivity index (χ2n) is 4.86. The fourth-order valence-corrected chi connectivity index (χ4v) is 2.27. The molecule has 3 rings (SSSR count). The van der Waals surface area contributed by atoms with Gasteiger partial charge in [-0.25, -0.2) is 4.39 Å². The lowest BCUT2D eigenvalue weighted by molar-refractivity contribution is 0.102. The maximum atomic E-state index is 13.0. The van der Waals surface area contributed by atoms with E-state index in [4.69, 9.17) is 0 Å². The summed E-state index contributed by atoms with van der Waals surface area (Å²) in [6, 6.07) is 12.9. The van der Waals surface area contributed by atoms with Crippen LogP contribution in [0.15, 0.2) is 53.0 Å². The topological polar surface area (TPSA) is 59.8 Å². The molecule has 0 fully saturated rings. The number of nitrogens with one attached hydrogen (secondary N) is 1. The van der Waals surface area contributed by atoms with Gasteiger partial charge < -0.3 is 5.32 Å². The summed E-state index contributed by atoms with van der Waals surface area (Å²) < 4.78 is 13.9. The molecule has 2 aromatic carbocycles. The van der Waals surface area contributed by atoms with Gasteiger partial charge >= 0.3 is 0 Å². The molecule has 1 N–H and O–H groups in total. The zero-order valence-electron chi connectivity index (χ0n) is 12.1. The number of aromatic nitrogens is 3.